The van der Waals surface area contributed by atoms with Crippen LogP contribution in [0.15, 0.2) is 0 Å². The molecular weight excluding hydrogens is 192 g/mol. The number of esters is 1. The first kappa shape index (κ1) is 12.5. The molecular formula is C12H22O3. The lowest BCUT2D eigenvalue weighted by Gasteiger charge is -2.39. The zero-order valence-electron chi connectivity index (χ0n) is 9.95. The average molecular weight is 214 g/mol. The van der Waals surface area contributed by atoms with Crippen LogP contribution in [-0.4, -0.2) is 24.3 Å². The molecule has 0 amide bonds. The highest BCUT2D eigenvalue weighted by atomic mass is 16.5. The lowest BCUT2D eigenvalue weighted by Crippen LogP contribution is -2.43. The van der Waals surface area contributed by atoms with E-state index in [0.29, 0.717) is 5.92 Å². The summed E-state index contributed by atoms with van der Waals surface area (Å²) in [6, 6.07) is 0. The molecule has 0 saturated heterocycles. The molecule has 0 radical (unpaired) electrons. The Kier molecular flexibility index (Phi) is 4.14. The molecule has 1 unspecified atom stereocenters. The van der Waals surface area contributed by atoms with Crippen molar-refractivity contribution in [2.45, 2.75) is 52.1 Å². The van der Waals surface area contributed by atoms with Crippen molar-refractivity contribution in [3.8, 4) is 0 Å². The van der Waals surface area contributed by atoms with Crippen LogP contribution in [0.25, 0.3) is 0 Å². The van der Waals surface area contributed by atoms with Crippen molar-refractivity contribution in [1.82, 2.24) is 0 Å². The van der Waals surface area contributed by atoms with E-state index in [9.17, 15) is 9.90 Å². The Morgan fingerprint density at radius 3 is 2.33 bits per heavy atom. The summed E-state index contributed by atoms with van der Waals surface area (Å²) in [6.07, 6.45) is 4.93. The second kappa shape index (κ2) is 4.97. The van der Waals surface area contributed by atoms with E-state index < -0.39 is 12.1 Å². The van der Waals surface area contributed by atoms with Gasteiger partial charge in [0.05, 0.1) is 7.11 Å². The predicted molar refractivity (Wildman–Crippen MR) is 58.4 cm³/mol. The second-order valence-electron chi connectivity index (χ2n) is 5.08. The third-order valence-electron chi connectivity index (χ3n) is 3.79. The third-order valence-corrected chi connectivity index (χ3v) is 3.79. The summed E-state index contributed by atoms with van der Waals surface area (Å²) in [5.41, 5.74) is -0.368. The van der Waals surface area contributed by atoms with E-state index in [-0.39, 0.29) is 5.41 Å². The fraction of sp³-hybridized carbons (Fsp3) is 0.917. The van der Waals surface area contributed by atoms with Gasteiger partial charge in [-0.1, -0.05) is 33.1 Å². The minimum Gasteiger partial charge on any atom is -0.467 e. The molecule has 0 heterocycles. The molecule has 0 aliphatic heterocycles. The minimum atomic E-state index is -0.995. The van der Waals surface area contributed by atoms with Crippen LogP contribution in [0.5, 0.6) is 0 Å². The van der Waals surface area contributed by atoms with Crippen LogP contribution in [0.4, 0.5) is 0 Å². The summed E-state index contributed by atoms with van der Waals surface area (Å²) >= 11 is 0. The number of methoxy groups -OCH3 is 1. The fourth-order valence-electron chi connectivity index (χ4n) is 2.49. The van der Waals surface area contributed by atoms with Crippen molar-refractivity contribution >= 4 is 5.97 Å². The lowest BCUT2D eigenvalue weighted by atomic mass is 9.68. The van der Waals surface area contributed by atoms with Crippen molar-refractivity contribution in [2.75, 3.05) is 7.11 Å². The van der Waals surface area contributed by atoms with E-state index in [4.69, 9.17) is 0 Å². The summed E-state index contributed by atoms with van der Waals surface area (Å²) < 4.78 is 4.60. The van der Waals surface area contributed by atoms with Crippen molar-refractivity contribution in [2.24, 2.45) is 11.3 Å². The molecule has 1 aliphatic rings. The van der Waals surface area contributed by atoms with Gasteiger partial charge in [-0.3, -0.25) is 0 Å². The SMILES string of the molecule is COC(=O)C(O)C(C)(C)C1CCCCC1. The second-order valence-corrected chi connectivity index (χ2v) is 5.08. The summed E-state index contributed by atoms with van der Waals surface area (Å²) in [7, 11) is 1.32. The van der Waals surface area contributed by atoms with Gasteiger partial charge in [-0.05, 0) is 18.8 Å². The van der Waals surface area contributed by atoms with Crippen molar-refractivity contribution < 1.29 is 14.6 Å². The largest absolute Gasteiger partial charge is 0.467 e. The Hall–Kier alpha value is -0.570. The molecule has 3 nitrogen and oxygen atoms in total. The molecule has 1 fully saturated rings. The highest BCUT2D eigenvalue weighted by Crippen LogP contribution is 2.40. The summed E-state index contributed by atoms with van der Waals surface area (Å²) in [5, 5.41) is 9.92. The number of aliphatic hydroxyl groups is 1. The van der Waals surface area contributed by atoms with Crippen molar-refractivity contribution in [3.05, 3.63) is 0 Å². The molecule has 0 aromatic carbocycles. The van der Waals surface area contributed by atoms with Gasteiger partial charge in [0.1, 0.15) is 0 Å². The van der Waals surface area contributed by atoms with E-state index in [2.05, 4.69) is 4.74 Å². The first-order valence-electron chi connectivity index (χ1n) is 5.76. The van der Waals surface area contributed by atoms with E-state index in [1.54, 1.807) is 0 Å². The van der Waals surface area contributed by atoms with Gasteiger partial charge in [0, 0.05) is 5.41 Å². The first-order chi connectivity index (χ1) is 7.00. The van der Waals surface area contributed by atoms with Crippen LogP contribution in [0, 0.1) is 11.3 Å². The standard InChI is InChI=1S/C12H22O3/c1-12(2,10(13)11(14)15-3)9-7-5-4-6-8-9/h9-10,13H,4-8H2,1-3H3. The van der Waals surface area contributed by atoms with Gasteiger partial charge >= 0.3 is 5.97 Å². The molecule has 0 spiro atoms. The monoisotopic (exact) mass is 214 g/mol. The Morgan fingerprint density at radius 2 is 1.87 bits per heavy atom. The zero-order valence-corrected chi connectivity index (χ0v) is 9.95. The highest BCUT2D eigenvalue weighted by Gasteiger charge is 2.41. The Balaban J connectivity index is 2.66. The van der Waals surface area contributed by atoms with E-state index >= 15 is 0 Å². The smallest absolute Gasteiger partial charge is 0.335 e. The Morgan fingerprint density at radius 1 is 1.33 bits per heavy atom. The van der Waals surface area contributed by atoms with Gasteiger partial charge in [-0.15, -0.1) is 0 Å². The van der Waals surface area contributed by atoms with Crippen LogP contribution in [-0.2, 0) is 9.53 Å². The number of rotatable bonds is 3. The van der Waals surface area contributed by atoms with Gasteiger partial charge in [-0.25, -0.2) is 4.79 Å². The molecule has 0 aromatic heterocycles. The number of carbonyl (C=O) groups excluding carboxylic acids is 1. The molecule has 1 saturated carbocycles. The highest BCUT2D eigenvalue weighted by molar-refractivity contribution is 5.75. The van der Waals surface area contributed by atoms with Gasteiger partial charge in [0.15, 0.2) is 6.10 Å². The van der Waals surface area contributed by atoms with Crippen molar-refractivity contribution in [1.29, 1.82) is 0 Å². The minimum absolute atomic E-state index is 0.368. The number of hydrogen-bond acceptors (Lipinski definition) is 3. The molecule has 1 N–H and O–H groups in total. The maximum atomic E-state index is 11.3. The van der Waals surface area contributed by atoms with Crippen LogP contribution >= 0.6 is 0 Å². The van der Waals surface area contributed by atoms with Gasteiger partial charge < -0.3 is 9.84 Å². The van der Waals surface area contributed by atoms with E-state index in [1.165, 1.54) is 26.4 Å². The molecule has 1 aliphatic carbocycles. The maximum absolute atomic E-state index is 11.3. The predicted octanol–water partition coefficient (Wildman–Crippen LogP) is 2.13. The molecule has 0 aromatic rings. The summed E-state index contributed by atoms with van der Waals surface area (Å²) in [5.74, 6) is -0.0778. The van der Waals surface area contributed by atoms with Crippen LogP contribution in [0.3, 0.4) is 0 Å². The van der Waals surface area contributed by atoms with Crippen LogP contribution in [0.1, 0.15) is 46.0 Å². The summed E-state index contributed by atoms with van der Waals surface area (Å²) in [6.45, 7) is 3.93. The number of hydrogen-bond donors (Lipinski definition) is 1. The maximum Gasteiger partial charge on any atom is 0.335 e. The molecule has 88 valence electrons. The normalized spacial score (nSPS) is 21.1. The Bertz CT molecular complexity index is 217. The zero-order chi connectivity index (χ0) is 11.5. The number of aliphatic hydroxyl groups excluding tert-OH is 1. The fourth-order valence-corrected chi connectivity index (χ4v) is 2.49. The van der Waals surface area contributed by atoms with E-state index in [0.717, 1.165) is 12.8 Å². The lowest BCUT2D eigenvalue weighted by molar-refractivity contribution is -0.160. The van der Waals surface area contributed by atoms with Crippen molar-refractivity contribution in [3.63, 3.8) is 0 Å². The van der Waals surface area contributed by atoms with E-state index in [1.807, 2.05) is 13.8 Å². The number of carbonyl (C=O) groups is 1. The van der Waals surface area contributed by atoms with Gasteiger partial charge in [0.25, 0.3) is 0 Å². The van der Waals surface area contributed by atoms with Crippen LogP contribution in [0.2, 0.25) is 0 Å². The number of ether oxygens (including phenoxy) is 1. The molecule has 1 atom stereocenters. The molecule has 0 bridgehead atoms. The molecule has 3 heteroatoms. The topological polar surface area (TPSA) is 46.5 Å². The van der Waals surface area contributed by atoms with Crippen LogP contribution < -0.4 is 0 Å². The van der Waals surface area contributed by atoms with Gasteiger partial charge in [0.2, 0.25) is 0 Å². The average Bonchev–Trinajstić information content (AvgIpc) is 2.28. The van der Waals surface area contributed by atoms with Gasteiger partial charge in [-0.2, -0.15) is 0 Å². The first-order valence-corrected chi connectivity index (χ1v) is 5.76. The quantitative estimate of drug-likeness (QED) is 0.732. The summed E-state index contributed by atoms with van der Waals surface area (Å²) in [4.78, 5) is 11.3. The molecule has 1 rings (SSSR count). The Labute approximate surface area is 91.8 Å². The molecule has 15 heavy (non-hydrogen) atoms. The third kappa shape index (κ3) is 2.71.